The van der Waals surface area contributed by atoms with Gasteiger partial charge in [0.05, 0.1) is 12.5 Å². The number of nitrogens with two attached hydrogens (primary N) is 1. The highest BCUT2D eigenvalue weighted by atomic mass is 19.2. The molecule has 1 unspecified atom stereocenters. The molecule has 19 heavy (non-hydrogen) atoms. The minimum absolute atomic E-state index is 0.00635. The smallest absolute Gasteiger partial charge is 0.227 e. The van der Waals surface area contributed by atoms with Crippen molar-refractivity contribution in [2.75, 3.05) is 19.0 Å². The number of carbonyl (C=O) groups excluding carboxylic acids is 1. The second kappa shape index (κ2) is 6.48. The van der Waals surface area contributed by atoms with Gasteiger partial charge in [0.25, 0.3) is 0 Å². The van der Waals surface area contributed by atoms with Gasteiger partial charge >= 0.3 is 0 Å². The van der Waals surface area contributed by atoms with E-state index >= 15 is 0 Å². The van der Waals surface area contributed by atoms with Crippen molar-refractivity contribution < 1.29 is 27.1 Å². The number of rotatable bonds is 5. The number of halogens is 4. The predicted molar refractivity (Wildman–Crippen MR) is 59.4 cm³/mol. The molecule has 0 aliphatic carbocycles. The Balaban J connectivity index is 2.91. The maximum absolute atomic E-state index is 13.3. The topological polar surface area (TPSA) is 64.3 Å². The molecule has 0 aromatic heterocycles. The number of benzene rings is 1. The van der Waals surface area contributed by atoms with Crippen LogP contribution in [0.3, 0.4) is 0 Å². The Bertz CT molecular complexity index is 452. The standard InChI is InChI=1S/C11H12F4N2O2/c1-19-5(4-16)2-8(18)17-11-9(14)6(12)3-7(13)10(11)15/h3,5H,2,4,16H2,1H3,(H,17,18). The van der Waals surface area contributed by atoms with Crippen molar-refractivity contribution >= 4 is 11.6 Å². The van der Waals surface area contributed by atoms with E-state index in [0.717, 1.165) is 0 Å². The number of nitrogens with one attached hydrogen (secondary N) is 1. The molecule has 0 spiro atoms. The van der Waals surface area contributed by atoms with Crippen LogP contribution in [0.15, 0.2) is 6.07 Å². The molecule has 1 atom stereocenters. The van der Waals surface area contributed by atoms with Crippen LogP contribution in [0.4, 0.5) is 23.2 Å². The average molecular weight is 280 g/mol. The molecule has 0 bridgehead atoms. The van der Waals surface area contributed by atoms with Crippen molar-refractivity contribution in [1.29, 1.82) is 0 Å². The van der Waals surface area contributed by atoms with Gasteiger partial charge in [0.1, 0.15) is 5.69 Å². The van der Waals surface area contributed by atoms with Gasteiger partial charge in [-0.2, -0.15) is 0 Å². The Hall–Kier alpha value is -1.67. The fourth-order valence-corrected chi connectivity index (χ4v) is 1.34. The Labute approximate surface area is 106 Å². The second-order valence-corrected chi connectivity index (χ2v) is 3.69. The summed E-state index contributed by atoms with van der Waals surface area (Å²) in [5.74, 6) is -7.42. The lowest BCUT2D eigenvalue weighted by Gasteiger charge is -2.13. The van der Waals surface area contributed by atoms with Crippen molar-refractivity contribution in [3.05, 3.63) is 29.3 Å². The first-order chi connectivity index (χ1) is 8.90. The fraction of sp³-hybridized carbons (Fsp3) is 0.364. The maximum atomic E-state index is 13.3. The van der Waals surface area contributed by atoms with Crippen LogP contribution in [0.25, 0.3) is 0 Å². The number of amides is 1. The summed E-state index contributed by atoms with van der Waals surface area (Å²) in [6.07, 6.45) is -0.964. The lowest BCUT2D eigenvalue weighted by atomic mass is 10.2. The largest absolute Gasteiger partial charge is 0.380 e. The minimum Gasteiger partial charge on any atom is -0.380 e. The van der Waals surface area contributed by atoms with Gasteiger partial charge < -0.3 is 15.8 Å². The Kier molecular flexibility index (Phi) is 5.25. The summed E-state index contributed by atoms with van der Waals surface area (Å²) >= 11 is 0. The number of carbonyl (C=O) groups is 1. The predicted octanol–water partition coefficient (Wildman–Crippen LogP) is 1.55. The van der Waals surface area contributed by atoms with Gasteiger partial charge in [-0.05, 0) is 0 Å². The summed E-state index contributed by atoms with van der Waals surface area (Å²) in [6.45, 7) is 0.00635. The molecule has 0 fully saturated rings. The van der Waals surface area contributed by atoms with Gasteiger partial charge in [-0.25, -0.2) is 17.6 Å². The minimum atomic E-state index is -1.67. The monoisotopic (exact) mass is 280 g/mol. The number of anilines is 1. The summed E-state index contributed by atoms with van der Waals surface area (Å²) in [7, 11) is 1.30. The maximum Gasteiger partial charge on any atom is 0.227 e. The molecule has 4 nitrogen and oxygen atoms in total. The molecule has 0 aliphatic heterocycles. The summed E-state index contributed by atoms with van der Waals surface area (Å²) < 4.78 is 57.1. The molecule has 8 heteroatoms. The highest BCUT2D eigenvalue weighted by Gasteiger charge is 2.21. The van der Waals surface area contributed by atoms with E-state index in [-0.39, 0.29) is 19.0 Å². The Morgan fingerprint density at radius 2 is 1.84 bits per heavy atom. The van der Waals surface area contributed by atoms with E-state index in [1.807, 2.05) is 0 Å². The molecular formula is C11H12F4N2O2. The quantitative estimate of drug-likeness (QED) is 0.635. The van der Waals surface area contributed by atoms with E-state index in [9.17, 15) is 22.4 Å². The molecule has 3 N–H and O–H groups in total. The highest BCUT2D eigenvalue weighted by molar-refractivity contribution is 5.91. The first-order valence-electron chi connectivity index (χ1n) is 5.26. The molecule has 1 aromatic rings. The third kappa shape index (κ3) is 3.65. The molecule has 0 aliphatic rings. The zero-order valence-electron chi connectivity index (χ0n) is 9.97. The summed E-state index contributed by atoms with van der Waals surface area (Å²) in [6, 6.07) is 0.0537. The highest BCUT2D eigenvalue weighted by Crippen LogP contribution is 2.24. The zero-order valence-corrected chi connectivity index (χ0v) is 9.97. The average Bonchev–Trinajstić information content (AvgIpc) is 2.38. The van der Waals surface area contributed by atoms with E-state index in [2.05, 4.69) is 0 Å². The van der Waals surface area contributed by atoms with Crippen molar-refractivity contribution in [1.82, 2.24) is 0 Å². The van der Waals surface area contributed by atoms with Gasteiger partial charge in [-0.15, -0.1) is 0 Å². The SMILES string of the molecule is COC(CN)CC(=O)Nc1c(F)c(F)cc(F)c1F. The molecule has 0 radical (unpaired) electrons. The van der Waals surface area contributed by atoms with E-state index in [0.29, 0.717) is 0 Å². The van der Waals surface area contributed by atoms with Crippen molar-refractivity contribution in [3.8, 4) is 0 Å². The fourth-order valence-electron chi connectivity index (χ4n) is 1.34. The molecular weight excluding hydrogens is 268 g/mol. The summed E-state index contributed by atoms with van der Waals surface area (Å²) in [5, 5.41) is 1.75. The summed E-state index contributed by atoms with van der Waals surface area (Å²) in [4.78, 5) is 11.4. The van der Waals surface area contributed by atoms with Crippen LogP contribution >= 0.6 is 0 Å². The number of hydrogen-bond acceptors (Lipinski definition) is 3. The van der Waals surface area contributed by atoms with Crippen LogP contribution in [0.5, 0.6) is 0 Å². The van der Waals surface area contributed by atoms with Gasteiger partial charge in [-0.3, -0.25) is 4.79 Å². The van der Waals surface area contributed by atoms with E-state index in [1.54, 1.807) is 5.32 Å². The first kappa shape index (κ1) is 15.4. The van der Waals surface area contributed by atoms with Crippen molar-refractivity contribution in [3.63, 3.8) is 0 Å². The molecule has 1 rings (SSSR count). The molecule has 1 aromatic carbocycles. The van der Waals surface area contributed by atoms with E-state index in [4.69, 9.17) is 10.5 Å². The lowest BCUT2D eigenvalue weighted by Crippen LogP contribution is -2.28. The molecule has 106 valence electrons. The van der Waals surface area contributed by atoms with Crippen LogP contribution in [0.1, 0.15) is 6.42 Å². The number of methoxy groups -OCH3 is 1. The third-order valence-corrected chi connectivity index (χ3v) is 2.39. The Morgan fingerprint density at radius 3 is 2.26 bits per heavy atom. The second-order valence-electron chi connectivity index (χ2n) is 3.69. The van der Waals surface area contributed by atoms with E-state index < -0.39 is 41.0 Å². The van der Waals surface area contributed by atoms with Crippen LogP contribution < -0.4 is 11.1 Å². The molecule has 0 saturated carbocycles. The van der Waals surface area contributed by atoms with Crippen molar-refractivity contribution in [2.45, 2.75) is 12.5 Å². The van der Waals surface area contributed by atoms with Crippen LogP contribution in [-0.4, -0.2) is 25.7 Å². The molecule has 1 amide bonds. The van der Waals surface area contributed by atoms with Crippen LogP contribution in [-0.2, 0) is 9.53 Å². The Morgan fingerprint density at radius 1 is 1.32 bits per heavy atom. The zero-order chi connectivity index (χ0) is 14.6. The molecule has 0 saturated heterocycles. The third-order valence-electron chi connectivity index (χ3n) is 2.39. The number of hydrogen-bond donors (Lipinski definition) is 2. The van der Waals surface area contributed by atoms with Gasteiger partial charge in [0.2, 0.25) is 5.91 Å². The van der Waals surface area contributed by atoms with E-state index in [1.165, 1.54) is 7.11 Å². The lowest BCUT2D eigenvalue weighted by molar-refractivity contribution is -0.118. The molecule has 0 heterocycles. The van der Waals surface area contributed by atoms with Gasteiger partial charge in [-0.1, -0.05) is 0 Å². The van der Waals surface area contributed by atoms with Crippen LogP contribution in [0, 0.1) is 23.3 Å². The van der Waals surface area contributed by atoms with Crippen LogP contribution in [0.2, 0.25) is 0 Å². The van der Waals surface area contributed by atoms with Crippen molar-refractivity contribution in [2.24, 2.45) is 5.73 Å². The normalized spacial score (nSPS) is 12.3. The first-order valence-corrected chi connectivity index (χ1v) is 5.26. The number of ether oxygens (including phenoxy) is 1. The van der Waals surface area contributed by atoms with Gasteiger partial charge in [0, 0.05) is 19.7 Å². The summed E-state index contributed by atoms with van der Waals surface area (Å²) in [5.41, 5.74) is 4.09. The van der Waals surface area contributed by atoms with Gasteiger partial charge in [0.15, 0.2) is 23.3 Å².